The number of ether oxygens (including phenoxy) is 1. The smallest absolute Gasteiger partial charge is 0.410 e. The average Bonchev–Trinajstić information content (AvgIpc) is 2.85. The fraction of sp³-hybridized carbons (Fsp3) is 0.333. The van der Waals surface area contributed by atoms with Gasteiger partial charge in [-0.2, -0.15) is 0 Å². The van der Waals surface area contributed by atoms with Gasteiger partial charge in [0.2, 0.25) is 0 Å². The highest BCUT2D eigenvalue weighted by Crippen LogP contribution is 2.20. The van der Waals surface area contributed by atoms with E-state index in [9.17, 15) is 4.79 Å². The van der Waals surface area contributed by atoms with Gasteiger partial charge >= 0.3 is 6.09 Å². The van der Waals surface area contributed by atoms with Crippen molar-refractivity contribution in [2.75, 3.05) is 6.54 Å². The predicted molar refractivity (Wildman–Crippen MR) is 72.0 cm³/mol. The Bertz CT molecular complexity index is 607. The summed E-state index contributed by atoms with van der Waals surface area (Å²) in [6, 6.07) is 9.65. The summed E-state index contributed by atoms with van der Waals surface area (Å²) >= 11 is 0. The number of oxazole rings is 1. The Kier molecular flexibility index (Phi) is 3.41. The van der Waals surface area contributed by atoms with Crippen molar-refractivity contribution in [1.29, 1.82) is 0 Å². The number of aryl methyl sites for hydroxylation is 1. The average molecular weight is 272 g/mol. The molecule has 5 heteroatoms. The molecule has 3 rings (SSSR count). The van der Waals surface area contributed by atoms with Crippen LogP contribution in [0.3, 0.4) is 0 Å². The molecule has 0 saturated carbocycles. The molecule has 1 aromatic heterocycles. The molecule has 0 fully saturated rings. The number of fused-ring (bicyclic) bond motifs is 1. The number of amides is 1. The van der Waals surface area contributed by atoms with Crippen molar-refractivity contribution in [2.45, 2.75) is 26.5 Å². The van der Waals surface area contributed by atoms with E-state index in [1.807, 2.05) is 37.3 Å². The maximum Gasteiger partial charge on any atom is 0.410 e. The lowest BCUT2D eigenvalue weighted by Gasteiger charge is -2.24. The topological polar surface area (TPSA) is 55.6 Å². The van der Waals surface area contributed by atoms with Crippen LogP contribution in [0.4, 0.5) is 4.79 Å². The lowest BCUT2D eigenvalue weighted by atomic mass is 10.2. The Morgan fingerprint density at radius 1 is 1.40 bits per heavy atom. The Morgan fingerprint density at radius 2 is 2.20 bits per heavy atom. The molecule has 1 aliphatic heterocycles. The van der Waals surface area contributed by atoms with Crippen molar-refractivity contribution in [1.82, 2.24) is 9.88 Å². The zero-order chi connectivity index (χ0) is 13.9. The summed E-state index contributed by atoms with van der Waals surface area (Å²) in [6.45, 7) is 3.17. The summed E-state index contributed by atoms with van der Waals surface area (Å²) in [5.41, 5.74) is 1.82. The Morgan fingerprint density at radius 3 is 3.00 bits per heavy atom. The maximum absolute atomic E-state index is 12.0. The number of benzene rings is 1. The van der Waals surface area contributed by atoms with Crippen LogP contribution >= 0.6 is 0 Å². The number of hydrogen-bond acceptors (Lipinski definition) is 4. The molecule has 1 amide bonds. The molecule has 0 N–H and O–H groups in total. The van der Waals surface area contributed by atoms with Gasteiger partial charge in [0.15, 0.2) is 5.89 Å². The van der Waals surface area contributed by atoms with Crippen LogP contribution in [0.2, 0.25) is 0 Å². The number of rotatable bonds is 2. The Hall–Kier alpha value is -2.30. The minimum atomic E-state index is -0.305. The van der Waals surface area contributed by atoms with Gasteiger partial charge in [0.25, 0.3) is 0 Å². The molecule has 5 nitrogen and oxygen atoms in total. The van der Waals surface area contributed by atoms with Crippen LogP contribution in [-0.4, -0.2) is 22.5 Å². The molecule has 104 valence electrons. The van der Waals surface area contributed by atoms with Crippen LogP contribution in [0, 0.1) is 6.92 Å². The van der Waals surface area contributed by atoms with Gasteiger partial charge in [0.1, 0.15) is 18.1 Å². The third kappa shape index (κ3) is 2.66. The van der Waals surface area contributed by atoms with E-state index in [0.29, 0.717) is 32.0 Å². The molecule has 1 aromatic carbocycles. The van der Waals surface area contributed by atoms with Gasteiger partial charge in [0, 0.05) is 19.9 Å². The minimum absolute atomic E-state index is 0.293. The highest BCUT2D eigenvalue weighted by atomic mass is 16.6. The van der Waals surface area contributed by atoms with Crippen molar-refractivity contribution >= 4 is 6.09 Å². The first-order valence-electron chi connectivity index (χ1n) is 6.63. The van der Waals surface area contributed by atoms with Gasteiger partial charge in [-0.3, -0.25) is 0 Å². The Balaban J connectivity index is 1.59. The number of carbonyl (C=O) groups is 1. The maximum atomic E-state index is 12.0. The van der Waals surface area contributed by atoms with Crippen LogP contribution in [0.5, 0.6) is 0 Å². The van der Waals surface area contributed by atoms with Crippen LogP contribution in [-0.2, 0) is 24.3 Å². The normalized spacial score (nSPS) is 13.9. The summed E-state index contributed by atoms with van der Waals surface area (Å²) in [7, 11) is 0. The van der Waals surface area contributed by atoms with Gasteiger partial charge in [-0.05, 0) is 5.56 Å². The molecule has 2 heterocycles. The summed E-state index contributed by atoms with van der Waals surface area (Å²) in [4.78, 5) is 18.0. The second-order valence-electron chi connectivity index (χ2n) is 4.81. The monoisotopic (exact) mass is 272 g/mol. The van der Waals surface area contributed by atoms with Crippen molar-refractivity contribution < 1.29 is 13.9 Å². The van der Waals surface area contributed by atoms with E-state index in [0.717, 1.165) is 17.0 Å². The van der Waals surface area contributed by atoms with Crippen molar-refractivity contribution in [3.63, 3.8) is 0 Å². The molecule has 0 atom stereocenters. The molecule has 0 aliphatic carbocycles. The molecule has 0 spiro atoms. The first-order chi connectivity index (χ1) is 9.72. The highest BCUT2D eigenvalue weighted by Gasteiger charge is 2.25. The molecule has 0 bridgehead atoms. The standard InChI is InChI=1S/C15H16N2O3/c1-11-16-13-9-17(8-7-14(13)20-11)15(18)19-10-12-5-3-2-4-6-12/h2-6H,7-10H2,1H3. The quantitative estimate of drug-likeness (QED) is 0.843. The lowest BCUT2D eigenvalue weighted by Crippen LogP contribution is -2.36. The van der Waals surface area contributed by atoms with Crippen LogP contribution in [0.15, 0.2) is 34.7 Å². The van der Waals surface area contributed by atoms with E-state index >= 15 is 0 Å². The van der Waals surface area contributed by atoms with Crippen LogP contribution in [0.1, 0.15) is 22.9 Å². The second kappa shape index (κ2) is 5.36. The summed E-state index contributed by atoms with van der Waals surface area (Å²) in [5, 5.41) is 0. The zero-order valence-electron chi connectivity index (χ0n) is 11.3. The first-order valence-corrected chi connectivity index (χ1v) is 6.63. The van der Waals surface area contributed by atoms with E-state index in [-0.39, 0.29) is 6.09 Å². The molecule has 0 saturated heterocycles. The van der Waals surface area contributed by atoms with E-state index < -0.39 is 0 Å². The van der Waals surface area contributed by atoms with Gasteiger partial charge in [0.05, 0.1) is 6.54 Å². The second-order valence-corrected chi connectivity index (χ2v) is 4.81. The highest BCUT2D eigenvalue weighted by molar-refractivity contribution is 5.68. The van der Waals surface area contributed by atoms with E-state index in [4.69, 9.17) is 9.15 Å². The fourth-order valence-corrected chi connectivity index (χ4v) is 2.29. The molecule has 2 aromatic rings. The van der Waals surface area contributed by atoms with Gasteiger partial charge in [-0.1, -0.05) is 30.3 Å². The third-order valence-corrected chi connectivity index (χ3v) is 3.30. The SMILES string of the molecule is Cc1nc2c(o1)CCN(C(=O)OCc1ccccc1)C2. The summed E-state index contributed by atoms with van der Waals surface area (Å²) in [6.07, 6.45) is 0.386. The summed E-state index contributed by atoms with van der Waals surface area (Å²) < 4.78 is 10.8. The number of nitrogens with zero attached hydrogens (tertiary/aromatic N) is 2. The summed E-state index contributed by atoms with van der Waals surface area (Å²) in [5.74, 6) is 1.53. The van der Waals surface area contributed by atoms with Crippen molar-refractivity contribution in [3.8, 4) is 0 Å². The molecular weight excluding hydrogens is 256 g/mol. The molecule has 1 aliphatic rings. The number of carbonyl (C=O) groups excluding carboxylic acids is 1. The molecular formula is C15H16N2O3. The van der Waals surface area contributed by atoms with Crippen LogP contribution in [0.25, 0.3) is 0 Å². The fourth-order valence-electron chi connectivity index (χ4n) is 2.29. The largest absolute Gasteiger partial charge is 0.446 e. The molecule has 20 heavy (non-hydrogen) atoms. The predicted octanol–water partition coefficient (Wildman–Crippen LogP) is 2.68. The van der Waals surface area contributed by atoms with Crippen LogP contribution < -0.4 is 0 Å². The van der Waals surface area contributed by atoms with E-state index in [2.05, 4.69) is 4.98 Å². The van der Waals surface area contributed by atoms with Gasteiger partial charge in [-0.15, -0.1) is 0 Å². The van der Waals surface area contributed by atoms with Gasteiger partial charge in [-0.25, -0.2) is 9.78 Å². The third-order valence-electron chi connectivity index (χ3n) is 3.30. The van der Waals surface area contributed by atoms with E-state index in [1.54, 1.807) is 4.90 Å². The number of aromatic nitrogens is 1. The number of hydrogen-bond donors (Lipinski definition) is 0. The minimum Gasteiger partial charge on any atom is -0.446 e. The Labute approximate surface area is 117 Å². The van der Waals surface area contributed by atoms with Crippen molar-refractivity contribution in [3.05, 3.63) is 53.2 Å². The lowest BCUT2D eigenvalue weighted by molar-refractivity contribution is 0.0903. The van der Waals surface area contributed by atoms with Crippen molar-refractivity contribution in [2.24, 2.45) is 0 Å². The first kappa shape index (κ1) is 12.7. The van der Waals surface area contributed by atoms with E-state index in [1.165, 1.54) is 0 Å². The molecule has 0 unspecified atom stereocenters. The zero-order valence-corrected chi connectivity index (χ0v) is 11.3. The molecule has 0 radical (unpaired) electrons. The van der Waals surface area contributed by atoms with Gasteiger partial charge < -0.3 is 14.1 Å².